The van der Waals surface area contributed by atoms with Crippen molar-refractivity contribution in [1.82, 2.24) is 9.78 Å². The number of fused-ring (bicyclic) bond motifs is 1. The van der Waals surface area contributed by atoms with E-state index in [2.05, 4.69) is 5.10 Å². The molecule has 0 spiro atoms. The molecule has 2 aromatic rings. The lowest BCUT2D eigenvalue weighted by Gasteiger charge is -2.29. The number of hydrogen-bond donors (Lipinski definition) is 0. The molecular weight excluding hydrogens is 314 g/mol. The Morgan fingerprint density at radius 3 is 2.91 bits per heavy atom. The first-order valence-corrected chi connectivity index (χ1v) is 8.16. The van der Waals surface area contributed by atoms with Crippen LogP contribution in [0.25, 0.3) is 0 Å². The average Bonchev–Trinajstić information content (AvgIpc) is 2.55. The van der Waals surface area contributed by atoms with Gasteiger partial charge in [-0.2, -0.15) is 5.10 Å². The van der Waals surface area contributed by atoms with E-state index in [1.54, 1.807) is 11.0 Å². The molecule has 0 N–H and O–H groups in total. The van der Waals surface area contributed by atoms with E-state index in [0.29, 0.717) is 23.8 Å². The van der Waals surface area contributed by atoms with Crippen molar-refractivity contribution < 1.29 is 4.79 Å². The molecule has 6 heteroatoms. The lowest BCUT2D eigenvalue weighted by Crippen LogP contribution is -2.37. The third kappa shape index (κ3) is 3.15. The molecule has 1 aliphatic rings. The van der Waals surface area contributed by atoms with Crippen molar-refractivity contribution in [3.05, 3.63) is 57.0 Å². The van der Waals surface area contributed by atoms with Crippen LogP contribution < -0.4 is 10.5 Å². The molecule has 120 valence electrons. The maximum Gasteiger partial charge on any atom is 0.278 e. The molecule has 1 aromatic heterocycles. The Kier molecular flexibility index (Phi) is 4.48. The van der Waals surface area contributed by atoms with Gasteiger partial charge in [-0.3, -0.25) is 9.59 Å². The number of amides is 1. The first-order valence-electron chi connectivity index (χ1n) is 7.78. The molecule has 0 saturated carbocycles. The molecule has 0 aliphatic carbocycles. The number of carbonyl (C=O) groups is 1. The minimum Gasteiger partial charge on any atom is -0.307 e. The van der Waals surface area contributed by atoms with Crippen LogP contribution >= 0.6 is 11.6 Å². The van der Waals surface area contributed by atoms with Gasteiger partial charge in [-0.1, -0.05) is 18.5 Å². The highest BCUT2D eigenvalue weighted by molar-refractivity contribution is 6.30. The molecule has 0 saturated heterocycles. The second-order valence-electron chi connectivity index (χ2n) is 5.61. The van der Waals surface area contributed by atoms with Crippen LogP contribution in [0, 0.1) is 0 Å². The van der Waals surface area contributed by atoms with E-state index in [-0.39, 0.29) is 11.5 Å². The monoisotopic (exact) mass is 331 g/mol. The molecule has 0 fully saturated rings. The lowest BCUT2D eigenvalue weighted by atomic mass is 10.0. The molecule has 1 aliphatic heterocycles. The molecule has 0 unspecified atom stereocenters. The minimum absolute atomic E-state index is 0.182. The standard InChI is InChI=1S/C17H18ClN3O2/c1-2-9-21-16(22)8-6-14(19-21)17(23)20-10-3-4-12-11-13(18)5-7-15(12)20/h5-8,11H,2-4,9-10H2,1H3. The van der Waals surface area contributed by atoms with Crippen LogP contribution in [0.4, 0.5) is 5.69 Å². The fourth-order valence-corrected chi connectivity index (χ4v) is 3.04. The number of benzene rings is 1. The van der Waals surface area contributed by atoms with E-state index < -0.39 is 0 Å². The number of halogens is 1. The van der Waals surface area contributed by atoms with Gasteiger partial charge < -0.3 is 4.90 Å². The van der Waals surface area contributed by atoms with Crippen molar-refractivity contribution in [2.75, 3.05) is 11.4 Å². The van der Waals surface area contributed by atoms with Crippen molar-refractivity contribution in [3.8, 4) is 0 Å². The first-order chi connectivity index (χ1) is 11.1. The summed E-state index contributed by atoms with van der Waals surface area (Å²) in [4.78, 5) is 26.3. The summed E-state index contributed by atoms with van der Waals surface area (Å²) in [6, 6.07) is 8.47. The molecule has 23 heavy (non-hydrogen) atoms. The third-order valence-corrected chi connectivity index (χ3v) is 4.16. The van der Waals surface area contributed by atoms with Gasteiger partial charge in [0, 0.05) is 29.9 Å². The first kappa shape index (κ1) is 15.7. The van der Waals surface area contributed by atoms with Gasteiger partial charge in [0.1, 0.15) is 5.69 Å². The van der Waals surface area contributed by atoms with Crippen molar-refractivity contribution in [3.63, 3.8) is 0 Å². The van der Waals surface area contributed by atoms with E-state index in [9.17, 15) is 9.59 Å². The highest BCUT2D eigenvalue weighted by Gasteiger charge is 2.25. The zero-order chi connectivity index (χ0) is 16.4. The summed E-state index contributed by atoms with van der Waals surface area (Å²) < 4.78 is 1.35. The van der Waals surface area contributed by atoms with E-state index in [4.69, 9.17) is 11.6 Å². The molecule has 0 radical (unpaired) electrons. The van der Waals surface area contributed by atoms with Gasteiger partial charge >= 0.3 is 0 Å². The Labute approximate surface area is 139 Å². The average molecular weight is 332 g/mol. The maximum atomic E-state index is 12.8. The fourth-order valence-electron chi connectivity index (χ4n) is 2.85. The third-order valence-electron chi connectivity index (χ3n) is 3.93. The minimum atomic E-state index is -0.186. The molecule has 0 atom stereocenters. The van der Waals surface area contributed by atoms with Gasteiger partial charge in [-0.25, -0.2) is 4.68 Å². The molecule has 0 bridgehead atoms. The van der Waals surface area contributed by atoms with Crippen LogP contribution in [0.15, 0.2) is 35.1 Å². The Bertz CT molecular complexity index is 801. The van der Waals surface area contributed by atoms with Crippen molar-refractivity contribution in [1.29, 1.82) is 0 Å². The molecule has 1 amide bonds. The zero-order valence-electron chi connectivity index (χ0n) is 13.0. The highest BCUT2D eigenvalue weighted by Crippen LogP contribution is 2.30. The summed E-state index contributed by atoms with van der Waals surface area (Å²) in [7, 11) is 0. The van der Waals surface area contributed by atoms with Crippen LogP contribution in [0.5, 0.6) is 0 Å². The molecular formula is C17H18ClN3O2. The summed E-state index contributed by atoms with van der Waals surface area (Å²) in [5, 5.41) is 4.89. The number of nitrogens with zero attached hydrogens (tertiary/aromatic N) is 3. The number of aromatic nitrogens is 2. The van der Waals surface area contributed by atoms with E-state index in [1.807, 2.05) is 19.1 Å². The molecule has 3 rings (SSSR count). The van der Waals surface area contributed by atoms with Crippen molar-refractivity contribution in [2.24, 2.45) is 0 Å². The number of rotatable bonds is 3. The van der Waals surface area contributed by atoms with Crippen molar-refractivity contribution >= 4 is 23.2 Å². The second kappa shape index (κ2) is 6.54. The van der Waals surface area contributed by atoms with Gasteiger partial charge in [-0.05, 0) is 49.1 Å². The van der Waals surface area contributed by atoms with Crippen LogP contribution in [-0.4, -0.2) is 22.2 Å². The maximum absolute atomic E-state index is 12.8. The van der Waals surface area contributed by atoms with Crippen LogP contribution in [-0.2, 0) is 13.0 Å². The largest absolute Gasteiger partial charge is 0.307 e. The summed E-state index contributed by atoms with van der Waals surface area (Å²) in [6.07, 6.45) is 2.58. The van der Waals surface area contributed by atoms with Gasteiger partial charge in [-0.15, -0.1) is 0 Å². The van der Waals surface area contributed by atoms with Crippen LogP contribution in [0.1, 0.15) is 35.8 Å². The number of aryl methyl sites for hydroxylation is 2. The lowest BCUT2D eigenvalue weighted by molar-refractivity contribution is 0.0977. The quantitative estimate of drug-likeness (QED) is 0.869. The predicted molar refractivity (Wildman–Crippen MR) is 90.2 cm³/mol. The Balaban J connectivity index is 1.96. The van der Waals surface area contributed by atoms with Crippen LogP contribution in [0.2, 0.25) is 5.02 Å². The SMILES string of the molecule is CCCn1nc(C(=O)N2CCCc3cc(Cl)ccc32)ccc1=O. The summed E-state index contributed by atoms with van der Waals surface area (Å²) in [6.45, 7) is 3.11. The van der Waals surface area contributed by atoms with E-state index in [0.717, 1.165) is 30.5 Å². The fraction of sp³-hybridized carbons (Fsp3) is 0.353. The Morgan fingerprint density at radius 2 is 2.13 bits per heavy atom. The van der Waals surface area contributed by atoms with Gasteiger partial charge in [0.25, 0.3) is 11.5 Å². The van der Waals surface area contributed by atoms with Gasteiger partial charge in [0.05, 0.1) is 0 Å². The van der Waals surface area contributed by atoms with Crippen LogP contribution in [0.3, 0.4) is 0 Å². The zero-order valence-corrected chi connectivity index (χ0v) is 13.7. The number of anilines is 1. The summed E-state index contributed by atoms with van der Waals surface area (Å²) in [5.74, 6) is -0.182. The number of hydrogen-bond acceptors (Lipinski definition) is 3. The van der Waals surface area contributed by atoms with Gasteiger partial charge in [0.15, 0.2) is 0 Å². The Hall–Kier alpha value is -2.14. The molecule has 1 aromatic carbocycles. The van der Waals surface area contributed by atoms with Gasteiger partial charge in [0.2, 0.25) is 0 Å². The molecule has 5 nitrogen and oxygen atoms in total. The molecule has 2 heterocycles. The smallest absolute Gasteiger partial charge is 0.278 e. The normalized spacial score (nSPS) is 13.7. The topological polar surface area (TPSA) is 55.2 Å². The number of carbonyl (C=O) groups excluding carboxylic acids is 1. The highest BCUT2D eigenvalue weighted by atomic mass is 35.5. The van der Waals surface area contributed by atoms with Crippen molar-refractivity contribution in [2.45, 2.75) is 32.7 Å². The van der Waals surface area contributed by atoms with E-state index in [1.165, 1.54) is 16.8 Å². The summed E-state index contributed by atoms with van der Waals surface area (Å²) in [5.41, 5.74) is 2.05. The summed E-state index contributed by atoms with van der Waals surface area (Å²) >= 11 is 6.04. The Morgan fingerprint density at radius 1 is 1.30 bits per heavy atom. The second-order valence-corrected chi connectivity index (χ2v) is 6.05. The predicted octanol–water partition coefficient (Wildman–Crippen LogP) is 2.90. The van der Waals surface area contributed by atoms with E-state index >= 15 is 0 Å².